The number of carboxylic acids is 1. The van der Waals surface area contributed by atoms with Crippen molar-refractivity contribution < 1.29 is 23.9 Å². The molecule has 1 saturated heterocycles. The van der Waals surface area contributed by atoms with Crippen LogP contribution in [0.1, 0.15) is 54.8 Å². The van der Waals surface area contributed by atoms with Gasteiger partial charge in [-0.15, -0.1) is 22.7 Å². The molecule has 1 aliphatic rings. The Balaban J connectivity index is 1.76. The third-order valence-corrected chi connectivity index (χ3v) is 9.23. The summed E-state index contributed by atoms with van der Waals surface area (Å²) >= 11 is 2.66. The van der Waals surface area contributed by atoms with Gasteiger partial charge in [0.05, 0.1) is 16.8 Å². The molecule has 1 fully saturated rings. The molecule has 1 N–H and O–H groups in total. The van der Waals surface area contributed by atoms with E-state index in [1.54, 1.807) is 49.6 Å². The number of aryl methyl sites for hydroxylation is 2. The number of likely N-dealkylation sites (tertiary alicyclic amines) is 1. The zero-order valence-corrected chi connectivity index (χ0v) is 22.8. The number of benzene rings is 1. The Morgan fingerprint density at radius 3 is 2.32 bits per heavy atom. The first kappa shape index (κ1) is 25.9. The van der Waals surface area contributed by atoms with Crippen LogP contribution in [0.3, 0.4) is 0 Å². The van der Waals surface area contributed by atoms with Crippen LogP contribution in [-0.2, 0) is 4.79 Å². The summed E-state index contributed by atoms with van der Waals surface area (Å²) in [5.41, 5.74) is 0.0608. The predicted molar refractivity (Wildman–Crippen MR) is 149 cm³/mol. The highest BCUT2D eigenvalue weighted by molar-refractivity contribution is 7.12. The van der Waals surface area contributed by atoms with Crippen LogP contribution in [0.4, 0.5) is 0 Å². The maximum Gasteiger partial charge on any atom is 0.330 e. The molecule has 4 atom stereocenters. The van der Waals surface area contributed by atoms with Crippen molar-refractivity contribution in [1.29, 1.82) is 0 Å². The Morgan fingerprint density at radius 2 is 1.74 bits per heavy atom. The molecule has 0 spiro atoms. The molecule has 0 radical (unpaired) electrons. The molecule has 3 aromatic heterocycles. The molecular weight excluding hydrogens is 518 g/mol. The molecule has 4 aromatic rings. The molecule has 6 nitrogen and oxygen atoms in total. The first-order valence-corrected chi connectivity index (χ1v) is 14.0. The van der Waals surface area contributed by atoms with Gasteiger partial charge < -0.3 is 14.4 Å². The van der Waals surface area contributed by atoms with Gasteiger partial charge in [-0.05, 0) is 66.9 Å². The Morgan fingerprint density at radius 1 is 0.974 bits per heavy atom. The van der Waals surface area contributed by atoms with Gasteiger partial charge in [-0.2, -0.15) is 0 Å². The highest BCUT2D eigenvalue weighted by Crippen LogP contribution is 2.53. The predicted octanol–water partition coefficient (Wildman–Crippen LogP) is 6.68. The van der Waals surface area contributed by atoms with Gasteiger partial charge in [0.25, 0.3) is 5.91 Å². The normalized spacial score (nSPS) is 23.2. The molecule has 1 amide bonds. The highest BCUT2D eigenvalue weighted by atomic mass is 32.1. The van der Waals surface area contributed by atoms with Gasteiger partial charge >= 0.3 is 5.97 Å². The standard InChI is InChI=1S/C30H27NO5S2/c1-18-15-17-38-27(18)25-24(26(32)22-14-11-19(2)36-22)21(13-12-20-8-5-4-6-9-20)31(30(25,3)29(34)35)28(33)23-10-7-16-37-23/h4-17,21,24-25H,1-3H3,(H,34,35). The number of thiophene rings is 2. The summed E-state index contributed by atoms with van der Waals surface area (Å²) < 4.78 is 5.74. The Bertz CT molecular complexity index is 1500. The number of furan rings is 1. The fourth-order valence-corrected chi connectivity index (χ4v) is 7.26. The number of nitrogens with zero attached hydrogens (tertiary/aromatic N) is 1. The molecule has 5 rings (SSSR count). The monoisotopic (exact) mass is 545 g/mol. The number of amides is 1. The van der Waals surface area contributed by atoms with Crippen molar-refractivity contribution in [1.82, 2.24) is 4.90 Å². The summed E-state index contributed by atoms with van der Waals surface area (Å²) in [5.74, 6) is -2.85. The number of carboxylic acid groups (broad SMARTS) is 1. The molecule has 0 saturated carbocycles. The van der Waals surface area contributed by atoms with E-state index in [0.717, 1.165) is 16.0 Å². The Labute approximate surface area is 228 Å². The lowest BCUT2D eigenvalue weighted by molar-refractivity contribution is -0.148. The number of hydrogen-bond acceptors (Lipinski definition) is 6. The van der Waals surface area contributed by atoms with Crippen LogP contribution in [0.15, 0.2) is 81.9 Å². The molecule has 1 aromatic carbocycles. The number of carbonyl (C=O) groups is 3. The Hall–Kier alpha value is -3.75. The third-order valence-electron chi connectivity index (χ3n) is 7.27. The average Bonchev–Trinajstić information content (AvgIpc) is 3.70. The minimum Gasteiger partial charge on any atom is -0.479 e. The van der Waals surface area contributed by atoms with E-state index >= 15 is 0 Å². The number of rotatable bonds is 7. The molecule has 0 aliphatic carbocycles. The average molecular weight is 546 g/mol. The van der Waals surface area contributed by atoms with Crippen LogP contribution in [0, 0.1) is 19.8 Å². The van der Waals surface area contributed by atoms with E-state index in [0.29, 0.717) is 10.6 Å². The summed E-state index contributed by atoms with van der Waals surface area (Å²) in [5, 5.41) is 14.5. The molecule has 4 unspecified atom stereocenters. The molecule has 38 heavy (non-hydrogen) atoms. The van der Waals surface area contributed by atoms with E-state index in [9.17, 15) is 19.5 Å². The molecule has 4 heterocycles. The van der Waals surface area contributed by atoms with Gasteiger partial charge in [-0.3, -0.25) is 9.59 Å². The second-order valence-electron chi connectivity index (χ2n) is 9.61. The molecule has 0 bridgehead atoms. The van der Waals surface area contributed by atoms with Crippen LogP contribution in [0.25, 0.3) is 6.08 Å². The van der Waals surface area contributed by atoms with Crippen molar-refractivity contribution in [2.75, 3.05) is 0 Å². The van der Waals surface area contributed by atoms with Crippen LogP contribution in [0.5, 0.6) is 0 Å². The summed E-state index contributed by atoms with van der Waals surface area (Å²) in [6, 6.07) is 17.4. The lowest BCUT2D eigenvalue weighted by Crippen LogP contribution is -2.55. The van der Waals surface area contributed by atoms with Crippen LogP contribution in [-0.4, -0.2) is 39.2 Å². The number of carbonyl (C=O) groups excluding carboxylic acids is 2. The largest absolute Gasteiger partial charge is 0.479 e. The zero-order valence-electron chi connectivity index (χ0n) is 21.2. The van der Waals surface area contributed by atoms with Crippen molar-refractivity contribution in [3.63, 3.8) is 0 Å². The summed E-state index contributed by atoms with van der Waals surface area (Å²) in [6.45, 7) is 5.23. The minimum absolute atomic E-state index is 0.156. The summed E-state index contributed by atoms with van der Waals surface area (Å²) in [7, 11) is 0. The maximum absolute atomic E-state index is 14.2. The number of Topliss-reactive ketones (excluding diaryl/α,β-unsaturated/α-hetero) is 1. The topological polar surface area (TPSA) is 87.8 Å². The smallest absolute Gasteiger partial charge is 0.330 e. The fraction of sp³-hybridized carbons (Fsp3) is 0.233. The molecule has 8 heteroatoms. The highest BCUT2D eigenvalue weighted by Gasteiger charge is 2.65. The van der Waals surface area contributed by atoms with Gasteiger partial charge in [0, 0.05) is 10.8 Å². The van der Waals surface area contributed by atoms with Crippen molar-refractivity contribution in [2.45, 2.75) is 38.3 Å². The first-order chi connectivity index (χ1) is 18.2. The molecular formula is C30H27NO5S2. The van der Waals surface area contributed by atoms with Crippen molar-refractivity contribution in [3.05, 3.63) is 110 Å². The second kappa shape index (κ2) is 10.2. The van der Waals surface area contributed by atoms with Crippen LogP contribution in [0.2, 0.25) is 0 Å². The quantitative estimate of drug-likeness (QED) is 0.262. The van der Waals surface area contributed by atoms with E-state index < -0.39 is 35.3 Å². The summed E-state index contributed by atoms with van der Waals surface area (Å²) in [6.07, 6.45) is 3.64. The van der Waals surface area contributed by atoms with Gasteiger partial charge in [-0.1, -0.05) is 48.6 Å². The van der Waals surface area contributed by atoms with Crippen molar-refractivity contribution in [2.24, 2.45) is 5.92 Å². The van der Waals surface area contributed by atoms with Gasteiger partial charge in [0.1, 0.15) is 11.3 Å². The first-order valence-electron chi connectivity index (χ1n) is 12.2. The van der Waals surface area contributed by atoms with E-state index in [1.165, 1.54) is 27.6 Å². The van der Waals surface area contributed by atoms with Crippen molar-refractivity contribution >= 4 is 46.4 Å². The van der Waals surface area contributed by atoms with Crippen LogP contribution >= 0.6 is 22.7 Å². The van der Waals surface area contributed by atoms with E-state index in [4.69, 9.17) is 4.42 Å². The Kier molecular flexibility index (Phi) is 6.94. The van der Waals surface area contributed by atoms with Crippen molar-refractivity contribution in [3.8, 4) is 0 Å². The number of ketones is 1. The molecule has 194 valence electrons. The fourth-order valence-electron chi connectivity index (χ4n) is 5.41. The lowest BCUT2D eigenvalue weighted by atomic mass is 9.75. The van der Waals surface area contributed by atoms with Gasteiger partial charge in [0.2, 0.25) is 5.78 Å². The van der Waals surface area contributed by atoms with E-state index in [1.807, 2.05) is 54.8 Å². The van der Waals surface area contributed by atoms with Gasteiger partial charge in [-0.25, -0.2) is 4.79 Å². The second-order valence-corrected chi connectivity index (χ2v) is 11.5. The van der Waals surface area contributed by atoms with Gasteiger partial charge in [0.15, 0.2) is 5.76 Å². The van der Waals surface area contributed by atoms with E-state index in [2.05, 4.69) is 0 Å². The van der Waals surface area contributed by atoms with E-state index in [-0.39, 0.29) is 11.5 Å². The number of hydrogen-bond donors (Lipinski definition) is 1. The molecule has 1 aliphatic heterocycles. The lowest BCUT2D eigenvalue weighted by Gasteiger charge is -2.36. The van der Waals surface area contributed by atoms with Crippen LogP contribution < -0.4 is 0 Å². The number of aliphatic carboxylic acids is 1. The SMILES string of the molecule is Cc1ccc(C(=O)C2C(C=Cc3ccccc3)N(C(=O)c3cccs3)C(C)(C(=O)O)C2c2sccc2C)o1. The minimum atomic E-state index is -1.70. The zero-order chi connectivity index (χ0) is 27.0. The summed E-state index contributed by atoms with van der Waals surface area (Å²) in [4.78, 5) is 44.1. The third kappa shape index (κ3) is 4.33. The maximum atomic E-state index is 14.2.